The summed E-state index contributed by atoms with van der Waals surface area (Å²) >= 11 is 5.93. The SMILES string of the molecule is C[C@@H]1CN([C@@H](C)CO)C(=O)Cc2cc(NC(=O)Nc3ccc(Cl)cc3)ccc2OC1CN(C)Cc1ccncc1. The third-order valence-electron chi connectivity index (χ3n) is 6.97. The molecule has 0 saturated carbocycles. The van der Waals surface area contributed by atoms with Gasteiger partial charge in [0.25, 0.3) is 0 Å². The predicted molar refractivity (Wildman–Crippen MR) is 157 cm³/mol. The maximum atomic E-state index is 13.4. The van der Waals surface area contributed by atoms with E-state index in [1.54, 1.807) is 59.8 Å². The number of benzene rings is 2. The Kier molecular flexibility index (Phi) is 9.98. The molecule has 3 aromatic rings. The van der Waals surface area contributed by atoms with Gasteiger partial charge in [-0.05, 0) is 74.1 Å². The van der Waals surface area contributed by atoms with Gasteiger partial charge in [-0.3, -0.25) is 14.7 Å². The minimum Gasteiger partial charge on any atom is -0.488 e. The predicted octanol–water partition coefficient (Wildman–Crippen LogP) is 4.66. The van der Waals surface area contributed by atoms with E-state index in [1.165, 1.54) is 0 Å². The Morgan fingerprint density at radius 3 is 2.52 bits per heavy atom. The summed E-state index contributed by atoms with van der Waals surface area (Å²) in [5, 5.41) is 16.1. The summed E-state index contributed by atoms with van der Waals surface area (Å²) in [7, 11) is 2.04. The van der Waals surface area contributed by atoms with Gasteiger partial charge in [0.1, 0.15) is 11.9 Å². The number of pyridine rings is 1. The van der Waals surface area contributed by atoms with Crippen LogP contribution in [0.25, 0.3) is 0 Å². The van der Waals surface area contributed by atoms with Gasteiger partial charge in [0.2, 0.25) is 5.91 Å². The van der Waals surface area contributed by atoms with Crippen LogP contribution in [0, 0.1) is 5.92 Å². The number of amides is 3. The van der Waals surface area contributed by atoms with Crippen LogP contribution in [-0.4, -0.2) is 70.7 Å². The summed E-state index contributed by atoms with van der Waals surface area (Å²) in [6.07, 6.45) is 3.41. The van der Waals surface area contributed by atoms with Crippen LogP contribution in [0.15, 0.2) is 67.0 Å². The van der Waals surface area contributed by atoms with Gasteiger partial charge in [-0.1, -0.05) is 18.5 Å². The fourth-order valence-corrected chi connectivity index (χ4v) is 4.85. The normalized spacial score (nSPS) is 18.1. The molecule has 10 heteroatoms. The number of urea groups is 1. The summed E-state index contributed by atoms with van der Waals surface area (Å²) in [6.45, 7) is 5.58. The molecule has 3 N–H and O–H groups in total. The van der Waals surface area contributed by atoms with Crippen molar-refractivity contribution >= 4 is 34.9 Å². The van der Waals surface area contributed by atoms with Crippen LogP contribution in [0.4, 0.5) is 16.2 Å². The number of hydrogen-bond donors (Lipinski definition) is 3. The van der Waals surface area contributed by atoms with E-state index in [4.69, 9.17) is 16.3 Å². The van der Waals surface area contributed by atoms with Gasteiger partial charge in [0.15, 0.2) is 0 Å². The summed E-state index contributed by atoms with van der Waals surface area (Å²) in [5.41, 5.74) is 2.94. The number of nitrogens with one attached hydrogen (secondary N) is 2. The lowest BCUT2D eigenvalue weighted by Crippen LogP contribution is -2.47. The average molecular weight is 566 g/mol. The molecule has 0 saturated heterocycles. The smallest absolute Gasteiger partial charge is 0.323 e. The highest BCUT2D eigenvalue weighted by molar-refractivity contribution is 6.30. The Morgan fingerprint density at radius 2 is 1.82 bits per heavy atom. The second-order valence-electron chi connectivity index (χ2n) is 10.3. The Morgan fingerprint density at radius 1 is 1.15 bits per heavy atom. The van der Waals surface area contributed by atoms with E-state index in [-0.39, 0.29) is 37.0 Å². The lowest BCUT2D eigenvalue weighted by Gasteiger charge is -2.34. The first-order valence-corrected chi connectivity index (χ1v) is 13.7. The van der Waals surface area contributed by atoms with Gasteiger partial charge in [-0.2, -0.15) is 0 Å². The van der Waals surface area contributed by atoms with Gasteiger partial charge in [-0.25, -0.2) is 4.79 Å². The second kappa shape index (κ2) is 13.6. The van der Waals surface area contributed by atoms with E-state index in [0.29, 0.717) is 40.8 Å². The van der Waals surface area contributed by atoms with E-state index in [0.717, 1.165) is 12.1 Å². The molecular formula is C30H36ClN5O4. The first kappa shape index (κ1) is 29.3. The van der Waals surface area contributed by atoms with E-state index < -0.39 is 6.03 Å². The molecule has 0 fully saturated rings. The molecule has 40 heavy (non-hydrogen) atoms. The highest BCUT2D eigenvalue weighted by Gasteiger charge is 2.31. The maximum Gasteiger partial charge on any atom is 0.323 e. The number of ether oxygens (including phenoxy) is 1. The van der Waals surface area contributed by atoms with Crippen LogP contribution in [0.2, 0.25) is 5.02 Å². The van der Waals surface area contributed by atoms with Crippen LogP contribution in [0.5, 0.6) is 5.75 Å². The minimum absolute atomic E-state index is 0.00764. The van der Waals surface area contributed by atoms with E-state index >= 15 is 0 Å². The third kappa shape index (κ3) is 7.94. The topological polar surface area (TPSA) is 107 Å². The molecule has 2 heterocycles. The van der Waals surface area contributed by atoms with Gasteiger partial charge in [-0.15, -0.1) is 0 Å². The van der Waals surface area contributed by atoms with Crippen molar-refractivity contribution in [2.24, 2.45) is 5.92 Å². The van der Waals surface area contributed by atoms with Crippen LogP contribution < -0.4 is 15.4 Å². The van der Waals surface area contributed by atoms with Gasteiger partial charge < -0.3 is 25.4 Å². The first-order chi connectivity index (χ1) is 19.2. The number of rotatable bonds is 8. The van der Waals surface area contributed by atoms with Crippen molar-refractivity contribution in [1.29, 1.82) is 0 Å². The zero-order valence-electron chi connectivity index (χ0n) is 23.0. The van der Waals surface area contributed by atoms with Crippen LogP contribution in [-0.2, 0) is 17.8 Å². The lowest BCUT2D eigenvalue weighted by atomic mass is 10.0. The minimum atomic E-state index is -0.419. The second-order valence-corrected chi connectivity index (χ2v) is 10.8. The molecule has 0 radical (unpaired) electrons. The number of halogens is 1. The Hall–Kier alpha value is -3.66. The van der Waals surface area contributed by atoms with Gasteiger partial charge in [0, 0.05) is 59.9 Å². The average Bonchev–Trinajstić information content (AvgIpc) is 2.97. The molecular weight excluding hydrogens is 530 g/mol. The monoisotopic (exact) mass is 565 g/mol. The molecule has 3 atom stereocenters. The molecule has 2 aromatic carbocycles. The summed E-state index contributed by atoms with van der Waals surface area (Å²) in [4.78, 5) is 34.1. The Bertz CT molecular complexity index is 1290. The number of anilines is 2. The van der Waals surface area contributed by atoms with Crippen molar-refractivity contribution in [2.45, 2.75) is 39.0 Å². The number of aromatic nitrogens is 1. The van der Waals surface area contributed by atoms with Crippen LogP contribution in [0.1, 0.15) is 25.0 Å². The largest absolute Gasteiger partial charge is 0.488 e. The quantitative estimate of drug-likeness (QED) is 0.367. The van der Waals surface area contributed by atoms with Crippen molar-refractivity contribution in [3.05, 3.63) is 83.1 Å². The molecule has 0 aliphatic carbocycles. The summed E-state index contributed by atoms with van der Waals surface area (Å²) in [5.74, 6) is 0.489. The van der Waals surface area contributed by atoms with Crippen LogP contribution >= 0.6 is 11.6 Å². The highest BCUT2D eigenvalue weighted by atomic mass is 35.5. The zero-order chi connectivity index (χ0) is 28.6. The first-order valence-electron chi connectivity index (χ1n) is 13.3. The number of aliphatic hydroxyl groups excluding tert-OH is 1. The molecule has 1 aliphatic rings. The molecule has 212 valence electrons. The third-order valence-corrected chi connectivity index (χ3v) is 7.22. The molecule has 9 nitrogen and oxygen atoms in total. The Labute approximate surface area is 240 Å². The number of carbonyl (C=O) groups is 2. The molecule has 3 amide bonds. The fourth-order valence-electron chi connectivity index (χ4n) is 4.72. The van der Waals surface area contributed by atoms with Crippen molar-refractivity contribution in [3.8, 4) is 5.75 Å². The molecule has 4 rings (SSSR count). The molecule has 1 aromatic heterocycles. The van der Waals surface area contributed by atoms with Crippen molar-refractivity contribution in [1.82, 2.24) is 14.8 Å². The number of fused-ring (bicyclic) bond motifs is 1. The number of hydrogen-bond acceptors (Lipinski definition) is 6. The highest BCUT2D eigenvalue weighted by Crippen LogP contribution is 2.29. The maximum absolute atomic E-state index is 13.4. The Balaban J connectivity index is 1.55. The van der Waals surface area contributed by atoms with Gasteiger partial charge >= 0.3 is 6.03 Å². The summed E-state index contributed by atoms with van der Waals surface area (Å²) in [6, 6.07) is 15.4. The summed E-state index contributed by atoms with van der Waals surface area (Å²) < 4.78 is 6.58. The number of aliphatic hydroxyl groups is 1. The van der Waals surface area contributed by atoms with Crippen molar-refractivity contribution in [3.63, 3.8) is 0 Å². The van der Waals surface area contributed by atoms with E-state index in [2.05, 4.69) is 27.4 Å². The lowest BCUT2D eigenvalue weighted by molar-refractivity contribution is -0.134. The van der Waals surface area contributed by atoms with Gasteiger partial charge in [0.05, 0.1) is 19.1 Å². The zero-order valence-corrected chi connectivity index (χ0v) is 23.8. The van der Waals surface area contributed by atoms with E-state index in [9.17, 15) is 14.7 Å². The fraction of sp³-hybridized carbons (Fsp3) is 0.367. The number of carbonyl (C=O) groups excluding carboxylic acids is 2. The van der Waals surface area contributed by atoms with Crippen molar-refractivity contribution in [2.75, 3.05) is 37.4 Å². The number of likely N-dealkylation sites (N-methyl/N-ethyl adjacent to an activating group) is 1. The van der Waals surface area contributed by atoms with Crippen molar-refractivity contribution < 1.29 is 19.4 Å². The molecule has 0 bridgehead atoms. The standard InChI is InChI=1S/C30H36ClN5O4/c1-20-16-36(21(2)19-37)29(38)15-23-14-26(34-30(39)33-25-6-4-24(31)5-7-25)8-9-27(23)40-28(20)18-35(3)17-22-10-12-32-13-11-22/h4-14,20-21,28,37H,15-19H2,1-3H3,(H2,33,34,39)/t20-,21+,28?/m1/s1. The number of nitrogens with zero attached hydrogens (tertiary/aromatic N) is 3. The molecule has 1 unspecified atom stereocenters. The van der Waals surface area contributed by atoms with E-state index in [1.807, 2.05) is 26.1 Å². The molecule has 0 spiro atoms. The molecule has 1 aliphatic heterocycles. The van der Waals surface area contributed by atoms with Crippen LogP contribution in [0.3, 0.4) is 0 Å².